The molecule has 1 aromatic heterocycles. The van der Waals surface area contributed by atoms with Crippen LogP contribution in [0, 0.1) is 0 Å². The zero-order chi connectivity index (χ0) is 17.0. The van der Waals surface area contributed by atoms with Crippen LogP contribution in [0.25, 0.3) is 0 Å². The summed E-state index contributed by atoms with van der Waals surface area (Å²) in [6.07, 6.45) is 6.17. The smallest absolute Gasteiger partial charge is 0.341 e. The monoisotopic (exact) mass is 327 g/mol. The summed E-state index contributed by atoms with van der Waals surface area (Å²) in [6, 6.07) is 8.06. The molecular formula is C18H21N3O3. The lowest BCUT2D eigenvalue weighted by atomic mass is 9.72. The molecule has 0 amide bonds. The fourth-order valence-corrected chi connectivity index (χ4v) is 2.85. The molecule has 24 heavy (non-hydrogen) atoms. The van der Waals surface area contributed by atoms with Gasteiger partial charge < -0.3 is 14.8 Å². The standard InChI is InChI=1S/C18H21N3O3/c1-3-24-16(22)13-11-19-17(20-12-13)21-18(9-4-10-18)14-5-7-15(23-2)8-6-14/h5-8,11-12H,3-4,9-10H2,1-2H3,(H,19,20,21). The van der Waals surface area contributed by atoms with Crippen LogP contribution in [0.1, 0.15) is 42.1 Å². The Morgan fingerprint density at radius 1 is 1.21 bits per heavy atom. The largest absolute Gasteiger partial charge is 0.497 e. The summed E-state index contributed by atoms with van der Waals surface area (Å²) in [5, 5.41) is 3.43. The lowest BCUT2D eigenvalue weighted by Gasteiger charge is -2.43. The van der Waals surface area contributed by atoms with Gasteiger partial charge >= 0.3 is 5.97 Å². The molecule has 0 unspecified atom stereocenters. The van der Waals surface area contributed by atoms with E-state index in [1.165, 1.54) is 18.0 Å². The van der Waals surface area contributed by atoms with E-state index in [-0.39, 0.29) is 5.54 Å². The SMILES string of the molecule is CCOC(=O)c1cnc(NC2(c3ccc(OC)cc3)CCC2)nc1. The van der Waals surface area contributed by atoms with Crippen LogP contribution >= 0.6 is 0 Å². The highest BCUT2D eigenvalue weighted by atomic mass is 16.5. The van der Waals surface area contributed by atoms with E-state index in [0.29, 0.717) is 18.1 Å². The van der Waals surface area contributed by atoms with Crippen molar-refractivity contribution in [3.05, 3.63) is 47.8 Å². The van der Waals surface area contributed by atoms with Crippen molar-refractivity contribution in [3.8, 4) is 5.75 Å². The van der Waals surface area contributed by atoms with Crippen LogP contribution in [0.3, 0.4) is 0 Å². The third-order valence-electron chi connectivity index (χ3n) is 4.36. The van der Waals surface area contributed by atoms with E-state index in [4.69, 9.17) is 9.47 Å². The van der Waals surface area contributed by atoms with Crippen LogP contribution in [0.4, 0.5) is 5.95 Å². The van der Waals surface area contributed by atoms with Crippen LogP contribution in [-0.2, 0) is 10.3 Å². The highest BCUT2D eigenvalue weighted by Crippen LogP contribution is 2.43. The van der Waals surface area contributed by atoms with Gasteiger partial charge in [-0.2, -0.15) is 0 Å². The van der Waals surface area contributed by atoms with Gasteiger partial charge in [-0.3, -0.25) is 0 Å². The zero-order valence-corrected chi connectivity index (χ0v) is 13.9. The molecule has 6 nitrogen and oxygen atoms in total. The molecular weight excluding hydrogens is 306 g/mol. The highest BCUT2D eigenvalue weighted by molar-refractivity contribution is 5.88. The number of methoxy groups -OCH3 is 1. The quantitative estimate of drug-likeness (QED) is 0.822. The Hall–Kier alpha value is -2.63. The molecule has 1 heterocycles. The van der Waals surface area contributed by atoms with Gasteiger partial charge in [0, 0.05) is 12.4 Å². The fourth-order valence-electron chi connectivity index (χ4n) is 2.85. The average molecular weight is 327 g/mol. The van der Waals surface area contributed by atoms with Crippen molar-refractivity contribution in [2.24, 2.45) is 0 Å². The van der Waals surface area contributed by atoms with Crippen molar-refractivity contribution in [2.75, 3.05) is 19.0 Å². The molecule has 0 spiro atoms. The van der Waals surface area contributed by atoms with E-state index in [0.717, 1.165) is 25.0 Å². The molecule has 1 N–H and O–H groups in total. The Labute approximate surface area is 141 Å². The van der Waals surface area contributed by atoms with Crippen molar-refractivity contribution in [2.45, 2.75) is 31.7 Å². The average Bonchev–Trinajstić information content (AvgIpc) is 2.59. The Morgan fingerprint density at radius 2 is 1.88 bits per heavy atom. The van der Waals surface area contributed by atoms with Gasteiger partial charge in [-0.05, 0) is 43.9 Å². The van der Waals surface area contributed by atoms with E-state index >= 15 is 0 Å². The van der Waals surface area contributed by atoms with E-state index in [1.54, 1.807) is 14.0 Å². The molecule has 0 atom stereocenters. The number of hydrogen-bond donors (Lipinski definition) is 1. The molecule has 126 valence electrons. The summed E-state index contributed by atoms with van der Waals surface area (Å²) < 4.78 is 10.2. The molecule has 2 aromatic rings. The third-order valence-corrected chi connectivity index (χ3v) is 4.36. The maximum Gasteiger partial charge on any atom is 0.341 e. The van der Waals surface area contributed by atoms with E-state index in [9.17, 15) is 4.79 Å². The van der Waals surface area contributed by atoms with Gasteiger partial charge in [-0.25, -0.2) is 14.8 Å². The minimum atomic E-state index is -0.405. The van der Waals surface area contributed by atoms with Crippen molar-refractivity contribution < 1.29 is 14.3 Å². The van der Waals surface area contributed by atoms with Crippen molar-refractivity contribution in [3.63, 3.8) is 0 Å². The predicted octanol–water partition coefficient (Wildman–Crippen LogP) is 3.15. The number of anilines is 1. The first-order chi connectivity index (χ1) is 11.7. The summed E-state index contributed by atoms with van der Waals surface area (Å²) in [5.41, 5.74) is 1.39. The molecule has 1 fully saturated rings. The highest BCUT2D eigenvalue weighted by Gasteiger charge is 2.39. The lowest BCUT2D eigenvalue weighted by molar-refractivity contribution is 0.0525. The summed E-state index contributed by atoms with van der Waals surface area (Å²) in [4.78, 5) is 20.2. The summed E-state index contributed by atoms with van der Waals surface area (Å²) in [5.74, 6) is 0.944. The summed E-state index contributed by atoms with van der Waals surface area (Å²) >= 11 is 0. The number of carbonyl (C=O) groups is 1. The van der Waals surface area contributed by atoms with Gasteiger partial charge in [-0.1, -0.05) is 12.1 Å². The van der Waals surface area contributed by atoms with Gasteiger partial charge in [0.15, 0.2) is 0 Å². The van der Waals surface area contributed by atoms with Crippen molar-refractivity contribution >= 4 is 11.9 Å². The van der Waals surface area contributed by atoms with Crippen molar-refractivity contribution in [1.82, 2.24) is 9.97 Å². The van der Waals surface area contributed by atoms with Gasteiger partial charge in [0.25, 0.3) is 0 Å². The Morgan fingerprint density at radius 3 is 2.38 bits per heavy atom. The molecule has 1 saturated carbocycles. The van der Waals surface area contributed by atoms with Crippen LogP contribution < -0.4 is 10.1 Å². The maximum absolute atomic E-state index is 11.7. The maximum atomic E-state index is 11.7. The number of rotatable bonds is 6. The number of hydrogen-bond acceptors (Lipinski definition) is 6. The Balaban J connectivity index is 1.76. The van der Waals surface area contributed by atoms with Gasteiger partial charge in [0.2, 0.25) is 5.95 Å². The summed E-state index contributed by atoms with van der Waals surface area (Å²) in [6.45, 7) is 2.10. The number of carbonyl (C=O) groups excluding carboxylic acids is 1. The van der Waals surface area contributed by atoms with Gasteiger partial charge in [0.05, 0.1) is 24.8 Å². The molecule has 0 bridgehead atoms. The molecule has 0 aliphatic heterocycles. The number of aromatic nitrogens is 2. The third kappa shape index (κ3) is 3.18. The van der Waals surface area contributed by atoms with Crippen molar-refractivity contribution in [1.29, 1.82) is 0 Å². The number of nitrogens with zero attached hydrogens (tertiary/aromatic N) is 2. The molecule has 1 aliphatic carbocycles. The van der Waals surface area contributed by atoms with Gasteiger partial charge in [-0.15, -0.1) is 0 Å². The second kappa shape index (κ2) is 6.86. The number of benzene rings is 1. The molecule has 3 rings (SSSR count). The minimum Gasteiger partial charge on any atom is -0.497 e. The topological polar surface area (TPSA) is 73.3 Å². The van der Waals surface area contributed by atoms with Crippen LogP contribution in [-0.4, -0.2) is 29.7 Å². The van der Waals surface area contributed by atoms with Gasteiger partial charge in [0.1, 0.15) is 5.75 Å². The second-order valence-corrected chi connectivity index (χ2v) is 5.80. The first-order valence-corrected chi connectivity index (χ1v) is 8.09. The molecule has 1 aromatic carbocycles. The first-order valence-electron chi connectivity index (χ1n) is 8.09. The van der Waals surface area contributed by atoms with E-state index < -0.39 is 5.97 Å². The lowest BCUT2D eigenvalue weighted by Crippen LogP contribution is -2.42. The number of nitrogens with one attached hydrogen (secondary N) is 1. The van der Waals surface area contributed by atoms with Crippen LogP contribution in [0.2, 0.25) is 0 Å². The summed E-state index contributed by atoms with van der Waals surface area (Å²) in [7, 11) is 1.66. The van der Waals surface area contributed by atoms with E-state index in [1.807, 2.05) is 12.1 Å². The predicted molar refractivity (Wildman–Crippen MR) is 90.1 cm³/mol. The molecule has 0 saturated heterocycles. The van der Waals surface area contributed by atoms with Crippen LogP contribution in [0.5, 0.6) is 5.75 Å². The normalized spacial score (nSPS) is 15.2. The number of ether oxygens (including phenoxy) is 2. The fraction of sp³-hybridized carbons (Fsp3) is 0.389. The van der Waals surface area contributed by atoms with E-state index in [2.05, 4.69) is 27.4 Å². The zero-order valence-electron chi connectivity index (χ0n) is 13.9. The Kier molecular flexibility index (Phi) is 4.64. The Bertz CT molecular complexity index is 694. The minimum absolute atomic E-state index is 0.155. The first kappa shape index (κ1) is 16.2. The molecule has 1 aliphatic rings. The van der Waals surface area contributed by atoms with Crippen LogP contribution in [0.15, 0.2) is 36.7 Å². The number of esters is 1. The second-order valence-electron chi connectivity index (χ2n) is 5.80. The molecule has 0 radical (unpaired) electrons. The molecule has 6 heteroatoms.